The Morgan fingerprint density at radius 2 is 2.09 bits per heavy atom. The van der Waals surface area contributed by atoms with Crippen LogP contribution in [0.3, 0.4) is 0 Å². The molecule has 5 nitrogen and oxygen atoms in total. The second-order valence-corrected chi connectivity index (χ2v) is 8.18. The number of nitrogens with two attached hydrogens (primary N) is 1. The standard InChI is InChI=1S/C17H26N4OS/c18-17(22)13-2-3-15-11-19-6-1-7-21(14-4-8-23-9-5-14)16(19)12-20(15)10-13/h3,10,14,16H,1-2,4-9,11-12H2,(H2,18,22). The molecule has 0 saturated carbocycles. The van der Waals surface area contributed by atoms with Crippen molar-refractivity contribution in [3.63, 3.8) is 0 Å². The van der Waals surface area contributed by atoms with Gasteiger partial charge >= 0.3 is 0 Å². The first-order valence-corrected chi connectivity index (χ1v) is 9.91. The highest BCUT2D eigenvalue weighted by molar-refractivity contribution is 7.99. The number of fused-ring (bicyclic) bond motifs is 2. The van der Waals surface area contributed by atoms with E-state index in [0.29, 0.717) is 12.6 Å². The van der Waals surface area contributed by atoms with E-state index in [-0.39, 0.29) is 5.91 Å². The molecule has 0 aromatic heterocycles. The molecule has 2 N–H and O–H groups in total. The molecule has 0 aliphatic carbocycles. The predicted octanol–water partition coefficient (Wildman–Crippen LogP) is 1.19. The number of carbonyl (C=O) groups is 1. The van der Waals surface area contributed by atoms with E-state index in [9.17, 15) is 4.79 Å². The summed E-state index contributed by atoms with van der Waals surface area (Å²) < 4.78 is 0. The van der Waals surface area contributed by atoms with E-state index in [1.165, 1.54) is 49.6 Å². The Labute approximate surface area is 142 Å². The molecule has 6 heteroatoms. The molecule has 3 saturated heterocycles. The lowest BCUT2D eigenvalue weighted by Gasteiger charge is -2.53. The molecule has 0 aromatic carbocycles. The summed E-state index contributed by atoms with van der Waals surface area (Å²) in [5.41, 5.74) is 7.55. The van der Waals surface area contributed by atoms with Gasteiger partial charge in [0.15, 0.2) is 0 Å². The van der Waals surface area contributed by atoms with E-state index >= 15 is 0 Å². The largest absolute Gasteiger partial charge is 0.366 e. The van der Waals surface area contributed by atoms with Gasteiger partial charge in [-0.1, -0.05) is 6.08 Å². The van der Waals surface area contributed by atoms with Gasteiger partial charge in [-0.3, -0.25) is 14.6 Å². The van der Waals surface area contributed by atoms with Crippen molar-refractivity contribution in [2.75, 3.05) is 37.7 Å². The third-order valence-corrected chi connectivity index (χ3v) is 6.65. The van der Waals surface area contributed by atoms with Crippen molar-refractivity contribution in [1.29, 1.82) is 0 Å². The number of rotatable bonds is 2. The van der Waals surface area contributed by atoms with Crippen molar-refractivity contribution in [1.82, 2.24) is 14.7 Å². The van der Waals surface area contributed by atoms with Gasteiger partial charge in [-0.05, 0) is 37.2 Å². The van der Waals surface area contributed by atoms with Crippen molar-refractivity contribution in [2.45, 2.75) is 37.9 Å². The van der Waals surface area contributed by atoms with E-state index in [4.69, 9.17) is 5.73 Å². The fourth-order valence-electron chi connectivity index (χ4n) is 4.35. The van der Waals surface area contributed by atoms with Gasteiger partial charge in [0.25, 0.3) is 0 Å². The van der Waals surface area contributed by atoms with Crippen molar-refractivity contribution >= 4 is 17.7 Å². The second kappa shape index (κ2) is 6.49. The molecule has 4 aliphatic rings. The molecule has 4 heterocycles. The Morgan fingerprint density at radius 1 is 1.26 bits per heavy atom. The highest BCUT2D eigenvalue weighted by Crippen LogP contribution is 2.32. The van der Waals surface area contributed by atoms with Gasteiger partial charge < -0.3 is 10.6 Å². The lowest BCUT2D eigenvalue weighted by molar-refractivity contribution is -0.114. The smallest absolute Gasteiger partial charge is 0.246 e. The molecule has 3 fully saturated rings. The number of thioether (sulfide) groups is 1. The molecule has 0 bridgehead atoms. The maximum atomic E-state index is 11.5. The predicted molar refractivity (Wildman–Crippen MR) is 93.7 cm³/mol. The van der Waals surface area contributed by atoms with Crippen LogP contribution in [-0.2, 0) is 4.79 Å². The van der Waals surface area contributed by atoms with E-state index in [1.54, 1.807) is 0 Å². The van der Waals surface area contributed by atoms with Crippen molar-refractivity contribution in [3.05, 3.63) is 23.5 Å². The number of piperazine rings is 1. The van der Waals surface area contributed by atoms with E-state index in [0.717, 1.165) is 24.7 Å². The Kier molecular flexibility index (Phi) is 4.39. The van der Waals surface area contributed by atoms with Crippen LogP contribution in [0, 0.1) is 0 Å². The molecule has 0 radical (unpaired) electrons. The van der Waals surface area contributed by atoms with E-state index in [2.05, 4.69) is 32.5 Å². The zero-order valence-electron chi connectivity index (χ0n) is 13.6. The highest BCUT2D eigenvalue weighted by atomic mass is 32.2. The summed E-state index contributed by atoms with van der Waals surface area (Å²) in [6.07, 6.45) is 9.27. The van der Waals surface area contributed by atoms with Crippen LogP contribution in [0.25, 0.3) is 0 Å². The number of amides is 1. The molecule has 1 amide bonds. The number of nitrogens with zero attached hydrogens (tertiary/aromatic N) is 3. The summed E-state index contributed by atoms with van der Waals surface area (Å²) in [6.45, 7) is 4.38. The van der Waals surface area contributed by atoms with Gasteiger partial charge in [0.05, 0.1) is 12.7 Å². The Hall–Kier alpha value is -0.980. The molecule has 4 rings (SSSR count). The average molecular weight is 334 g/mol. The topological polar surface area (TPSA) is 52.8 Å². The molecule has 4 aliphatic heterocycles. The third kappa shape index (κ3) is 3.04. The summed E-state index contributed by atoms with van der Waals surface area (Å²) in [5.74, 6) is 2.32. The minimum Gasteiger partial charge on any atom is -0.366 e. The molecular formula is C17H26N4OS. The molecule has 0 aromatic rings. The van der Waals surface area contributed by atoms with Crippen LogP contribution in [0.1, 0.15) is 25.7 Å². The lowest BCUT2D eigenvalue weighted by atomic mass is 10.0. The number of hydrogen-bond acceptors (Lipinski definition) is 5. The van der Waals surface area contributed by atoms with Gasteiger partial charge in [-0.2, -0.15) is 11.8 Å². The molecule has 0 spiro atoms. The van der Waals surface area contributed by atoms with Crippen LogP contribution < -0.4 is 5.73 Å². The first-order chi connectivity index (χ1) is 11.2. The molecule has 23 heavy (non-hydrogen) atoms. The molecule has 1 atom stereocenters. The third-order valence-electron chi connectivity index (χ3n) is 5.61. The summed E-state index contributed by atoms with van der Waals surface area (Å²) in [6, 6.07) is 0.735. The number of hydrogen-bond donors (Lipinski definition) is 1. The summed E-state index contributed by atoms with van der Waals surface area (Å²) in [5, 5.41) is 0. The van der Waals surface area contributed by atoms with Crippen molar-refractivity contribution in [3.8, 4) is 0 Å². The van der Waals surface area contributed by atoms with Gasteiger partial charge in [-0.15, -0.1) is 0 Å². The second-order valence-electron chi connectivity index (χ2n) is 6.96. The zero-order chi connectivity index (χ0) is 15.8. The number of allylic oxidation sites excluding steroid dienone is 1. The summed E-state index contributed by atoms with van der Waals surface area (Å²) in [7, 11) is 0. The van der Waals surface area contributed by atoms with Crippen molar-refractivity contribution in [2.24, 2.45) is 5.73 Å². The minimum absolute atomic E-state index is 0.285. The van der Waals surface area contributed by atoms with Gasteiger partial charge in [0.1, 0.15) is 0 Å². The maximum absolute atomic E-state index is 11.5. The van der Waals surface area contributed by atoms with Crippen LogP contribution in [0.15, 0.2) is 23.5 Å². The van der Waals surface area contributed by atoms with Crippen LogP contribution in [0.2, 0.25) is 0 Å². The van der Waals surface area contributed by atoms with E-state index < -0.39 is 0 Å². The highest BCUT2D eigenvalue weighted by Gasteiger charge is 2.39. The number of carbonyl (C=O) groups excluding carboxylic acids is 1. The lowest BCUT2D eigenvalue weighted by Crippen LogP contribution is -2.64. The summed E-state index contributed by atoms with van der Waals surface area (Å²) in [4.78, 5) is 19.2. The van der Waals surface area contributed by atoms with Gasteiger partial charge in [0, 0.05) is 43.1 Å². The van der Waals surface area contributed by atoms with Gasteiger partial charge in [-0.25, -0.2) is 0 Å². The fraction of sp³-hybridized carbons (Fsp3) is 0.706. The summed E-state index contributed by atoms with van der Waals surface area (Å²) >= 11 is 2.09. The van der Waals surface area contributed by atoms with E-state index in [1.807, 2.05) is 6.20 Å². The van der Waals surface area contributed by atoms with Crippen LogP contribution in [-0.4, -0.2) is 70.5 Å². The van der Waals surface area contributed by atoms with Crippen LogP contribution in [0.5, 0.6) is 0 Å². The van der Waals surface area contributed by atoms with Crippen molar-refractivity contribution < 1.29 is 4.79 Å². The quantitative estimate of drug-likeness (QED) is 0.822. The average Bonchev–Trinajstić information content (AvgIpc) is 2.59. The Morgan fingerprint density at radius 3 is 2.87 bits per heavy atom. The first-order valence-electron chi connectivity index (χ1n) is 8.76. The Balaban J connectivity index is 1.53. The molecule has 126 valence electrons. The molecule has 1 unspecified atom stereocenters. The molecular weight excluding hydrogens is 308 g/mol. The van der Waals surface area contributed by atoms with Crippen LogP contribution >= 0.6 is 11.8 Å². The maximum Gasteiger partial charge on any atom is 0.246 e. The van der Waals surface area contributed by atoms with Gasteiger partial charge in [0.2, 0.25) is 5.91 Å². The number of primary amides is 1. The zero-order valence-corrected chi connectivity index (χ0v) is 14.4. The normalized spacial score (nSPS) is 30.3. The minimum atomic E-state index is -0.285. The van der Waals surface area contributed by atoms with Crippen LogP contribution in [0.4, 0.5) is 0 Å². The fourth-order valence-corrected chi connectivity index (χ4v) is 5.44. The first kappa shape index (κ1) is 15.5. The monoisotopic (exact) mass is 334 g/mol. The SMILES string of the molecule is NC(=O)C1=CN2CC3N(CCCN3C3CCSCC3)CC2=CC1. The Bertz CT molecular complexity index is 541.